The Morgan fingerprint density at radius 2 is 1.80 bits per heavy atom. The summed E-state index contributed by atoms with van der Waals surface area (Å²) in [7, 11) is 0. The molecule has 1 N–H and O–H groups in total. The Bertz CT molecular complexity index is 457. The highest BCUT2D eigenvalue weighted by atomic mass is 79.9. The molecule has 0 bridgehead atoms. The van der Waals surface area contributed by atoms with Crippen molar-refractivity contribution in [1.82, 2.24) is 5.32 Å². The van der Waals surface area contributed by atoms with Crippen LogP contribution < -0.4 is 5.32 Å². The lowest BCUT2D eigenvalue weighted by molar-refractivity contribution is -0.385. The van der Waals surface area contributed by atoms with Crippen molar-refractivity contribution in [3.8, 4) is 0 Å². The van der Waals surface area contributed by atoms with Gasteiger partial charge in [-0.3, -0.25) is 10.1 Å². The molecule has 0 spiro atoms. The smallest absolute Gasteiger partial charge is 0.270 e. The summed E-state index contributed by atoms with van der Waals surface area (Å²) in [6.45, 7) is 0.699. The van der Waals surface area contributed by atoms with Gasteiger partial charge < -0.3 is 5.32 Å². The summed E-state index contributed by atoms with van der Waals surface area (Å²) in [5.74, 6) is 0. The highest BCUT2D eigenvalue weighted by Gasteiger charge is 2.12. The summed E-state index contributed by atoms with van der Waals surface area (Å²) in [6, 6.07) is 5.69. The SMILES string of the molecule is O=[N+]([O-])c1cc(Br)cc(CNC2CCCCCCC2)c1. The van der Waals surface area contributed by atoms with E-state index in [2.05, 4.69) is 21.2 Å². The quantitative estimate of drug-likeness (QED) is 0.645. The van der Waals surface area contributed by atoms with E-state index in [0.717, 1.165) is 10.0 Å². The van der Waals surface area contributed by atoms with Crippen molar-refractivity contribution in [2.24, 2.45) is 0 Å². The van der Waals surface area contributed by atoms with Crippen LogP contribution in [0.3, 0.4) is 0 Å². The van der Waals surface area contributed by atoms with Crippen LogP contribution in [0.5, 0.6) is 0 Å². The first-order valence-corrected chi connectivity index (χ1v) is 8.12. The molecule has 0 unspecified atom stereocenters. The number of non-ortho nitro benzene ring substituents is 1. The number of rotatable bonds is 4. The van der Waals surface area contributed by atoms with E-state index in [-0.39, 0.29) is 10.6 Å². The molecule has 0 heterocycles. The van der Waals surface area contributed by atoms with Crippen LogP contribution >= 0.6 is 15.9 Å². The fourth-order valence-electron chi connectivity index (χ4n) is 2.76. The first-order chi connectivity index (χ1) is 9.65. The summed E-state index contributed by atoms with van der Waals surface area (Å²) in [5, 5.41) is 14.4. The summed E-state index contributed by atoms with van der Waals surface area (Å²) >= 11 is 3.34. The van der Waals surface area contributed by atoms with Gasteiger partial charge in [0.25, 0.3) is 5.69 Å². The van der Waals surface area contributed by atoms with Gasteiger partial charge in [0, 0.05) is 29.2 Å². The topological polar surface area (TPSA) is 55.2 Å². The fraction of sp³-hybridized carbons (Fsp3) is 0.600. The van der Waals surface area contributed by atoms with E-state index >= 15 is 0 Å². The van der Waals surface area contributed by atoms with Crippen molar-refractivity contribution in [3.63, 3.8) is 0 Å². The Hall–Kier alpha value is -0.940. The molecule has 2 rings (SSSR count). The number of halogens is 1. The van der Waals surface area contributed by atoms with Gasteiger partial charge in [0.15, 0.2) is 0 Å². The van der Waals surface area contributed by atoms with E-state index in [9.17, 15) is 10.1 Å². The van der Waals surface area contributed by atoms with Crippen molar-refractivity contribution in [1.29, 1.82) is 0 Å². The van der Waals surface area contributed by atoms with Gasteiger partial charge in [-0.2, -0.15) is 0 Å². The van der Waals surface area contributed by atoms with Crippen LogP contribution in [0.25, 0.3) is 0 Å². The van der Waals surface area contributed by atoms with Gasteiger partial charge in [-0.05, 0) is 24.5 Å². The van der Waals surface area contributed by atoms with Crippen molar-refractivity contribution >= 4 is 21.6 Å². The molecule has 0 aliphatic heterocycles. The van der Waals surface area contributed by atoms with E-state index in [1.807, 2.05) is 6.07 Å². The van der Waals surface area contributed by atoms with Crippen molar-refractivity contribution < 1.29 is 4.92 Å². The molecule has 1 aromatic carbocycles. The predicted molar refractivity (Wildman–Crippen MR) is 83.7 cm³/mol. The summed E-state index contributed by atoms with van der Waals surface area (Å²) in [5.41, 5.74) is 1.11. The minimum absolute atomic E-state index is 0.147. The molecule has 110 valence electrons. The predicted octanol–water partition coefficient (Wildman–Crippen LogP) is 4.56. The van der Waals surface area contributed by atoms with Gasteiger partial charge in [0.05, 0.1) is 4.92 Å². The minimum Gasteiger partial charge on any atom is -0.310 e. The second-order valence-corrected chi connectivity index (χ2v) is 6.41. The zero-order valence-electron chi connectivity index (χ0n) is 11.6. The molecule has 5 heteroatoms. The van der Waals surface area contributed by atoms with Gasteiger partial charge in [0.2, 0.25) is 0 Å². The molecule has 0 amide bonds. The molecule has 1 fully saturated rings. The molecule has 1 aliphatic rings. The number of nitro groups is 1. The van der Waals surface area contributed by atoms with Crippen LogP contribution in [-0.2, 0) is 6.54 Å². The van der Waals surface area contributed by atoms with E-state index in [0.29, 0.717) is 12.6 Å². The Morgan fingerprint density at radius 1 is 1.15 bits per heavy atom. The summed E-state index contributed by atoms with van der Waals surface area (Å²) in [4.78, 5) is 10.5. The largest absolute Gasteiger partial charge is 0.310 e. The fourth-order valence-corrected chi connectivity index (χ4v) is 3.29. The maximum absolute atomic E-state index is 10.9. The Labute approximate surface area is 128 Å². The first kappa shape index (κ1) is 15.4. The molecular weight excluding hydrogens is 320 g/mol. The molecule has 0 saturated heterocycles. The van der Waals surface area contributed by atoms with Crippen molar-refractivity contribution in [2.45, 2.75) is 57.5 Å². The third-order valence-corrected chi connectivity index (χ3v) is 4.31. The molecule has 20 heavy (non-hydrogen) atoms. The van der Waals surface area contributed by atoms with Crippen LogP contribution in [0, 0.1) is 10.1 Å². The molecule has 1 aliphatic carbocycles. The molecule has 0 aromatic heterocycles. The van der Waals surface area contributed by atoms with Gasteiger partial charge in [-0.1, -0.05) is 48.0 Å². The number of hydrogen-bond acceptors (Lipinski definition) is 3. The van der Waals surface area contributed by atoms with Gasteiger partial charge in [0.1, 0.15) is 0 Å². The van der Waals surface area contributed by atoms with Crippen LogP contribution in [0.15, 0.2) is 22.7 Å². The Balaban J connectivity index is 1.93. The second kappa shape index (κ2) is 7.74. The average molecular weight is 341 g/mol. The molecule has 0 atom stereocenters. The molecule has 0 radical (unpaired) electrons. The number of nitrogens with one attached hydrogen (secondary N) is 1. The minimum atomic E-state index is -0.343. The van der Waals surface area contributed by atoms with Crippen molar-refractivity contribution in [2.75, 3.05) is 0 Å². The zero-order chi connectivity index (χ0) is 14.4. The van der Waals surface area contributed by atoms with Crippen LogP contribution in [0.1, 0.15) is 50.5 Å². The third kappa shape index (κ3) is 4.87. The van der Waals surface area contributed by atoms with Crippen LogP contribution in [0.2, 0.25) is 0 Å². The standard InChI is InChI=1S/C15H21BrN2O2/c16-13-8-12(9-15(10-13)18(19)20)11-17-14-6-4-2-1-3-5-7-14/h8-10,14,17H,1-7,11H2. The monoisotopic (exact) mass is 340 g/mol. The van der Waals surface area contributed by atoms with E-state index in [1.165, 1.54) is 44.9 Å². The number of hydrogen-bond donors (Lipinski definition) is 1. The maximum atomic E-state index is 10.9. The van der Waals surface area contributed by atoms with Gasteiger partial charge in [-0.15, -0.1) is 0 Å². The lowest BCUT2D eigenvalue weighted by atomic mass is 9.96. The lowest BCUT2D eigenvalue weighted by Crippen LogP contribution is -2.29. The van der Waals surface area contributed by atoms with Crippen molar-refractivity contribution in [3.05, 3.63) is 38.3 Å². The number of nitro benzene ring substituents is 1. The summed E-state index contributed by atoms with van der Waals surface area (Å²) in [6.07, 6.45) is 9.05. The Morgan fingerprint density at radius 3 is 2.45 bits per heavy atom. The number of nitrogens with zero attached hydrogens (tertiary/aromatic N) is 1. The zero-order valence-corrected chi connectivity index (χ0v) is 13.2. The van der Waals surface area contributed by atoms with Crippen LogP contribution in [0.4, 0.5) is 5.69 Å². The highest BCUT2D eigenvalue weighted by molar-refractivity contribution is 9.10. The van der Waals surface area contributed by atoms with E-state index in [1.54, 1.807) is 12.1 Å². The molecule has 1 aromatic rings. The van der Waals surface area contributed by atoms with E-state index in [4.69, 9.17) is 0 Å². The summed E-state index contributed by atoms with van der Waals surface area (Å²) < 4.78 is 0.765. The second-order valence-electron chi connectivity index (χ2n) is 5.50. The number of benzene rings is 1. The lowest BCUT2D eigenvalue weighted by Gasteiger charge is -2.21. The van der Waals surface area contributed by atoms with Crippen LogP contribution in [-0.4, -0.2) is 11.0 Å². The maximum Gasteiger partial charge on any atom is 0.270 e. The molecule has 1 saturated carbocycles. The van der Waals surface area contributed by atoms with Gasteiger partial charge in [-0.25, -0.2) is 0 Å². The highest BCUT2D eigenvalue weighted by Crippen LogP contribution is 2.22. The third-order valence-electron chi connectivity index (χ3n) is 3.85. The Kier molecular flexibility index (Phi) is 5.98. The van der Waals surface area contributed by atoms with E-state index < -0.39 is 0 Å². The normalized spacial score (nSPS) is 17.4. The van der Waals surface area contributed by atoms with Gasteiger partial charge >= 0.3 is 0 Å². The molecule has 4 nitrogen and oxygen atoms in total. The average Bonchev–Trinajstić information content (AvgIpc) is 2.36. The molecular formula is C15H21BrN2O2. The first-order valence-electron chi connectivity index (χ1n) is 7.32.